The summed E-state index contributed by atoms with van der Waals surface area (Å²) in [4.78, 5) is 38.2. The van der Waals surface area contributed by atoms with Crippen LogP contribution in [0.1, 0.15) is 348 Å². The molecule has 0 heterocycles. The number of allylic oxidation sites excluding steroid dienone is 2. The second kappa shape index (κ2) is 57.7. The number of carbonyl (C=O) groups is 3. The van der Waals surface area contributed by atoms with Crippen molar-refractivity contribution < 1.29 is 28.6 Å². The predicted octanol–water partition coefficient (Wildman–Crippen LogP) is 20.5. The van der Waals surface area contributed by atoms with E-state index in [1.54, 1.807) is 0 Å². The van der Waals surface area contributed by atoms with Crippen LogP contribution in [0.15, 0.2) is 12.2 Å². The van der Waals surface area contributed by atoms with Crippen molar-refractivity contribution in [1.29, 1.82) is 0 Å². The average Bonchev–Trinajstić information content (AvgIpc) is 3.34. The van der Waals surface area contributed by atoms with Gasteiger partial charge in [-0.1, -0.05) is 296 Å². The third kappa shape index (κ3) is 55.1. The molecule has 1 atom stereocenters. The molecule has 0 aromatic heterocycles. The molecule has 0 aliphatic heterocycles. The van der Waals surface area contributed by atoms with Crippen molar-refractivity contribution in [3.63, 3.8) is 0 Å². The van der Waals surface area contributed by atoms with E-state index in [4.69, 9.17) is 14.2 Å². The molecule has 0 aromatic rings. The molecular weight excluding hydrogens is 841 g/mol. The number of rotatable bonds is 57. The molecule has 0 aromatic carbocycles. The lowest BCUT2D eigenvalue weighted by Crippen LogP contribution is -2.30. The summed E-state index contributed by atoms with van der Waals surface area (Å²) in [6.45, 7) is 6.70. The summed E-state index contributed by atoms with van der Waals surface area (Å²) in [6.07, 6.45) is 66.3. The normalized spacial score (nSPS) is 12.0. The van der Waals surface area contributed by atoms with Crippen LogP contribution >= 0.6 is 0 Å². The highest BCUT2D eigenvalue weighted by Gasteiger charge is 2.19. The van der Waals surface area contributed by atoms with E-state index in [0.29, 0.717) is 19.3 Å². The van der Waals surface area contributed by atoms with E-state index in [9.17, 15) is 14.4 Å². The van der Waals surface area contributed by atoms with Gasteiger partial charge in [0.25, 0.3) is 0 Å². The predicted molar refractivity (Wildman–Crippen MR) is 293 cm³/mol. The molecule has 0 amide bonds. The zero-order chi connectivity index (χ0) is 49.3. The van der Waals surface area contributed by atoms with E-state index in [1.165, 1.54) is 250 Å². The summed E-state index contributed by atoms with van der Waals surface area (Å²) in [7, 11) is 0. The van der Waals surface area contributed by atoms with Crippen molar-refractivity contribution in [2.45, 2.75) is 354 Å². The van der Waals surface area contributed by atoms with Crippen molar-refractivity contribution in [3.05, 3.63) is 12.2 Å². The van der Waals surface area contributed by atoms with Gasteiger partial charge in [0, 0.05) is 19.3 Å². The van der Waals surface area contributed by atoms with Gasteiger partial charge in [-0.15, -0.1) is 0 Å². The van der Waals surface area contributed by atoms with Crippen molar-refractivity contribution in [2.24, 2.45) is 0 Å². The first-order valence-corrected chi connectivity index (χ1v) is 30.7. The minimum absolute atomic E-state index is 0.0641. The molecule has 0 aliphatic carbocycles. The third-order valence-electron chi connectivity index (χ3n) is 14.0. The second-order valence-electron chi connectivity index (χ2n) is 21.0. The SMILES string of the molecule is CCCCCCCC/C=C\CCCCCCCCCCCC(=O)OCC(COC(=O)CCCCCCCCCCCCCCC)OC(=O)CCCCCCCCCCCCCCCCCCCC. The average molecular weight is 960 g/mol. The number of unbranched alkanes of at least 4 members (excludes halogenated alkanes) is 44. The van der Waals surface area contributed by atoms with Gasteiger partial charge in [0.15, 0.2) is 6.10 Å². The van der Waals surface area contributed by atoms with Crippen LogP contribution in [0.25, 0.3) is 0 Å². The third-order valence-corrected chi connectivity index (χ3v) is 14.0. The lowest BCUT2D eigenvalue weighted by Gasteiger charge is -2.18. The minimum atomic E-state index is -0.765. The maximum Gasteiger partial charge on any atom is 0.306 e. The Morgan fingerprint density at radius 1 is 0.279 bits per heavy atom. The first kappa shape index (κ1) is 66.2. The van der Waals surface area contributed by atoms with Crippen LogP contribution in [0.2, 0.25) is 0 Å². The molecule has 0 aliphatic rings. The van der Waals surface area contributed by atoms with E-state index in [0.717, 1.165) is 57.8 Å². The van der Waals surface area contributed by atoms with Crippen LogP contribution in [0.5, 0.6) is 0 Å². The molecule has 0 saturated carbocycles. The number of carbonyl (C=O) groups excluding carboxylic acids is 3. The Labute approximate surface area is 424 Å². The maximum atomic E-state index is 12.9. The van der Waals surface area contributed by atoms with Crippen molar-refractivity contribution in [1.82, 2.24) is 0 Å². The molecule has 6 heteroatoms. The number of hydrogen-bond acceptors (Lipinski definition) is 6. The molecule has 0 fully saturated rings. The molecule has 0 spiro atoms. The molecule has 68 heavy (non-hydrogen) atoms. The Kier molecular flexibility index (Phi) is 56.2. The van der Waals surface area contributed by atoms with E-state index in [2.05, 4.69) is 32.9 Å². The van der Waals surface area contributed by atoms with Crippen LogP contribution in [-0.4, -0.2) is 37.2 Å². The maximum absolute atomic E-state index is 12.9. The van der Waals surface area contributed by atoms with E-state index >= 15 is 0 Å². The molecule has 1 unspecified atom stereocenters. The summed E-state index contributed by atoms with van der Waals surface area (Å²) in [5.74, 6) is -0.838. The van der Waals surface area contributed by atoms with Crippen LogP contribution < -0.4 is 0 Å². The number of esters is 3. The zero-order valence-electron chi connectivity index (χ0n) is 46.2. The van der Waals surface area contributed by atoms with E-state index < -0.39 is 6.10 Å². The Morgan fingerprint density at radius 3 is 0.735 bits per heavy atom. The van der Waals surface area contributed by atoms with Crippen LogP contribution in [0.4, 0.5) is 0 Å². The first-order chi connectivity index (χ1) is 33.5. The highest BCUT2D eigenvalue weighted by molar-refractivity contribution is 5.71. The zero-order valence-corrected chi connectivity index (χ0v) is 46.2. The second-order valence-corrected chi connectivity index (χ2v) is 21.0. The summed E-state index contributed by atoms with van der Waals surface area (Å²) < 4.78 is 16.9. The van der Waals surface area contributed by atoms with Crippen LogP contribution in [0, 0.1) is 0 Å². The summed E-state index contributed by atoms with van der Waals surface area (Å²) in [5, 5.41) is 0. The van der Waals surface area contributed by atoms with Crippen LogP contribution in [-0.2, 0) is 28.6 Å². The lowest BCUT2D eigenvalue weighted by atomic mass is 10.0. The largest absolute Gasteiger partial charge is 0.462 e. The van der Waals surface area contributed by atoms with Gasteiger partial charge in [-0.25, -0.2) is 0 Å². The highest BCUT2D eigenvalue weighted by atomic mass is 16.6. The van der Waals surface area contributed by atoms with Crippen molar-refractivity contribution in [3.8, 4) is 0 Å². The molecule has 6 nitrogen and oxygen atoms in total. The summed E-state index contributed by atoms with van der Waals surface area (Å²) >= 11 is 0. The van der Waals surface area contributed by atoms with Gasteiger partial charge in [0.2, 0.25) is 0 Å². The van der Waals surface area contributed by atoms with E-state index in [-0.39, 0.29) is 31.1 Å². The molecule has 0 rings (SSSR count). The first-order valence-electron chi connectivity index (χ1n) is 30.7. The minimum Gasteiger partial charge on any atom is -0.462 e. The Morgan fingerprint density at radius 2 is 0.485 bits per heavy atom. The molecule has 0 bridgehead atoms. The van der Waals surface area contributed by atoms with Gasteiger partial charge < -0.3 is 14.2 Å². The fourth-order valence-corrected chi connectivity index (χ4v) is 9.38. The Hall–Kier alpha value is -1.85. The molecule has 0 radical (unpaired) electrons. The van der Waals surface area contributed by atoms with Crippen molar-refractivity contribution >= 4 is 17.9 Å². The van der Waals surface area contributed by atoms with Gasteiger partial charge in [-0.3, -0.25) is 14.4 Å². The summed E-state index contributed by atoms with van der Waals surface area (Å²) in [5.41, 5.74) is 0. The van der Waals surface area contributed by atoms with Crippen LogP contribution in [0.3, 0.4) is 0 Å². The lowest BCUT2D eigenvalue weighted by molar-refractivity contribution is -0.167. The number of hydrogen-bond donors (Lipinski definition) is 0. The number of ether oxygens (including phenoxy) is 3. The smallest absolute Gasteiger partial charge is 0.306 e. The quantitative estimate of drug-likeness (QED) is 0.0262. The highest BCUT2D eigenvalue weighted by Crippen LogP contribution is 2.18. The van der Waals surface area contributed by atoms with Gasteiger partial charge in [0.1, 0.15) is 13.2 Å². The van der Waals surface area contributed by atoms with Gasteiger partial charge in [-0.2, -0.15) is 0 Å². The topological polar surface area (TPSA) is 78.9 Å². The molecule has 0 saturated heterocycles. The van der Waals surface area contributed by atoms with Crippen molar-refractivity contribution in [2.75, 3.05) is 13.2 Å². The standard InChI is InChI=1S/C62H118O6/c1-4-7-10-13-16-19-22-25-27-29-31-33-34-37-40-43-46-49-52-55-61(64)67-58-59(57-66-60(63)54-51-48-45-42-39-36-24-21-18-15-12-9-6-3)68-62(65)56-53-50-47-44-41-38-35-32-30-28-26-23-20-17-14-11-8-5-2/h25,27,59H,4-24,26,28-58H2,1-3H3/b27-25-. The fraction of sp³-hybridized carbons (Fsp3) is 0.919. The monoisotopic (exact) mass is 959 g/mol. The van der Waals surface area contributed by atoms with Gasteiger partial charge >= 0.3 is 17.9 Å². The van der Waals surface area contributed by atoms with E-state index in [1.807, 2.05) is 0 Å². The van der Waals surface area contributed by atoms with Gasteiger partial charge in [0.05, 0.1) is 0 Å². The molecule has 402 valence electrons. The van der Waals surface area contributed by atoms with Gasteiger partial charge in [-0.05, 0) is 44.9 Å². The molecular formula is C62H118O6. The molecule has 0 N–H and O–H groups in total. The summed E-state index contributed by atoms with van der Waals surface area (Å²) in [6, 6.07) is 0. The Balaban J connectivity index is 4.28. The Bertz CT molecular complexity index is 1060. The fourth-order valence-electron chi connectivity index (χ4n) is 9.38.